The Balaban J connectivity index is 1.61. The maximum atomic E-state index is 11.9. The molecule has 4 nitrogen and oxygen atoms in total. The van der Waals surface area contributed by atoms with Crippen molar-refractivity contribution in [3.63, 3.8) is 0 Å². The highest BCUT2D eigenvalue weighted by molar-refractivity contribution is 5.88. The molecule has 0 saturated heterocycles. The number of aromatic amines is 1. The van der Waals surface area contributed by atoms with Gasteiger partial charge in [-0.1, -0.05) is 13.0 Å². The highest BCUT2D eigenvalue weighted by Crippen LogP contribution is 2.51. The minimum atomic E-state index is -0.389. The molecule has 0 unspecified atom stereocenters. The zero-order chi connectivity index (χ0) is 19.5. The second-order valence-electron chi connectivity index (χ2n) is 8.75. The lowest BCUT2D eigenvalue weighted by molar-refractivity contribution is 0.0593. The summed E-state index contributed by atoms with van der Waals surface area (Å²) in [5, 5.41) is 1.30. The fourth-order valence-corrected chi connectivity index (χ4v) is 4.37. The van der Waals surface area contributed by atoms with Crippen LogP contribution in [-0.2, 0) is 16.6 Å². The van der Waals surface area contributed by atoms with Crippen LogP contribution in [0.25, 0.3) is 10.9 Å². The van der Waals surface area contributed by atoms with E-state index in [4.69, 9.17) is 4.74 Å². The van der Waals surface area contributed by atoms with E-state index in [0.29, 0.717) is 5.69 Å². The highest BCUT2D eigenvalue weighted by atomic mass is 16.5. The molecule has 5 rings (SSSR count). The van der Waals surface area contributed by atoms with E-state index in [-0.39, 0.29) is 11.4 Å². The molecule has 1 aromatic carbocycles. The Morgan fingerprint density at radius 1 is 1.29 bits per heavy atom. The lowest BCUT2D eigenvalue weighted by Crippen LogP contribution is -2.08. The Kier molecular flexibility index (Phi) is 3.87. The summed E-state index contributed by atoms with van der Waals surface area (Å²) in [7, 11) is 1.39. The molecule has 2 aromatic heterocycles. The van der Waals surface area contributed by atoms with Crippen molar-refractivity contribution in [2.24, 2.45) is 0 Å². The van der Waals surface area contributed by atoms with Crippen LogP contribution in [-0.4, -0.2) is 23.0 Å². The van der Waals surface area contributed by atoms with Gasteiger partial charge in [0, 0.05) is 34.1 Å². The molecule has 2 aliphatic carbocycles. The van der Waals surface area contributed by atoms with Crippen molar-refractivity contribution in [2.45, 2.75) is 57.3 Å². The van der Waals surface area contributed by atoms with E-state index in [1.54, 1.807) is 6.07 Å². The molecule has 0 aliphatic heterocycles. The summed E-state index contributed by atoms with van der Waals surface area (Å²) < 4.78 is 4.83. The molecule has 4 heteroatoms. The van der Waals surface area contributed by atoms with E-state index < -0.39 is 0 Å². The largest absolute Gasteiger partial charge is 0.464 e. The fourth-order valence-electron chi connectivity index (χ4n) is 4.37. The number of nitrogens with one attached hydrogen (secondary N) is 1. The lowest BCUT2D eigenvalue weighted by atomic mass is 9.94. The van der Waals surface area contributed by atoms with Crippen molar-refractivity contribution < 1.29 is 9.53 Å². The fraction of sp³-hybridized carbons (Fsp3) is 0.417. The van der Waals surface area contributed by atoms with Gasteiger partial charge in [-0.15, -0.1) is 0 Å². The molecule has 28 heavy (non-hydrogen) atoms. The first-order chi connectivity index (χ1) is 13.5. The third-order valence-corrected chi connectivity index (χ3v) is 6.47. The predicted octanol–water partition coefficient (Wildman–Crippen LogP) is 5.18. The van der Waals surface area contributed by atoms with Crippen LogP contribution in [0.1, 0.15) is 77.1 Å². The number of fused-ring (bicyclic) bond motifs is 1. The van der Waals surface area contributed by atoms with Crippen molar-refractivity contribution >= 4 is 16.9 Å². The van der Waals surface area contributed by atoms with Crippen LogP contribution >= 0.6 is 0 Å². The molecule has 2 aliphatic rings. The molecule has 0 amide bonds. The van der Waals surface area contributed by atoms with Crippen LogP contribution < -0.4 is 0 Å². The van der Waals surface area contributed by atoms with Gasteiger partial charge >= 0.3 is 5.97 Å². The minimum absolute atomic E-state index is 0.238. The summed E-state index contributed by atoms with van der Waals surface area (Å²) in [6, 6.07) is 10.3. The zero-order valence-electron chi connectivity index (χ0n) is 16.8. The number of rotatable bonds is 5. The topological polar surface area (TPSA) is 55.0 Å². The Hall–Kier alpha value is -2.62. The zero-order valence-corrected chi connectivity index (χ0v) is 16.8. The summed E-state index contributed by atoms with van der Waals surface area (Å²) in [5.74, 6) is 0.356. The average Bonchev–Trinajstić information content (AvgIpc) is 3.62. The maximum Gasteiger partial charge on any atom is 0.356 e. The van der Waals surface area contributed by atoms with E-state index in [9.17, 15) is 4.79 Å². The van der Waals surface area contributed by atoms with Gasteiger partial charge in [-0.05, 0) is 79.5 Å². The lowest BCUT2D eigenvalue weighted by Gasteiger charge is -2.11. The van der Waals surface area contributed by atoms with E-state index in [1.807, 2.05) is 12.1 Å². The molecule has 0 bridgehead atoms. The second-order valence-corrected chi connectivity index (χ2v) is 8.75. The van der Waals surface area contributed by atoms with Crippen LogP contribution in [0.2, 0.25) is 0 Å². The number of hydrogen-bond acceptors (Lipinski definition) is 3. The number of aromatic nitrogens is 2. The number of pyridine rings is 1. The van der Waals surface area contributed by atoms with Crippen LogP contribution in [0.4, 0.5) is 0 Å². The molecule has 2 saturated carbocycles. The number of carbonyl (C=O) groups is 1. The number of carbonyl (C=O) groups excluding carboxylic acids is 1. The van der Waals surface area contributed by atoms with Crippen molar-refractivity contribution in [2.75, 3.05) is 7.11 Å². The Bertz CT molecular complexity index is 1090. The number of hydrogen-bond donors (Lipinski definition) is 1. The van der Waals surface area contributed by atoms with Crippen molar-refractivity contribution in [3.8, 4) is 0 Å². The van der Waals surface area contributed by atoms with Crippen molar-refractivity contribution in [1.82, 2.24) is 9.97 Å². The molecular weight excluding hydrogens is 348 g/mol. The van der Waals surface area contributed by atoms with Crippen LogP contribution in [0.3, 0.4) is 0 Å². The van der Waals surface area contributed by atoms with E-state index in [1.165, 1.54) is 66.1 Å². The van der Waals surface area contributed by atoms with Crippen LogP contribution in [0.15, 0.2) is 30.3 Å². The highest BCUT2D eigenvalue weighted by Gasteiger charge is 2.42. The number of ether oxygens (including phenoxy) is 1. The van der Waals surface area contributed by atoms with Gasteiger partial charge in [-0.25, -0.2) is 9.78 Å². The molecule has 3 aromatic rings. The van der Waals surface area contributed by atoms with Gasteiger partial charge in [0.15, 0.2) is 0 Å². The SMILES string of the molecule is COC(=O)c1cccc(Cc2c(C3(C)CC3)[nH]c3cc(C4CC4)c(C)cc23)n1. The van der Waals surface area contributed by atoms with E-state index in [2.05, 4.69) is 35.9 Å². The standard InChI is InChI=1S/C24H26N2O2/c1-14-11-18-19(12-16-5-4-6-20(25-16)23(27)28-3)22(24(2)9-10-24)26-21(18)13-17(14)15-7-8-15/h4-6,11,13,15,26H,7-10,12H2,1-3H3. The van der Waals surface area contributed by atoms with Gasteiger partial charge < -0.3 is 9.72 Å². The Morgan fingerprint density at radius 3 is 2.75 bits per heavy atom. The molecular formula is C24H26N2O2. The van der Waals surface area contributed by atoms with Gasteiger partial charge in [0.05, 0.1) is 7.11 Å². The Labute approximate surface area is 165 Å². The van der Waals surface area contributed by atoms with Crippen molar-refractivity contribution in [1.29, 1.82) is 0 Å². The summed E-state index contributed by atoms with van der Waals surface area (Å²) in [5.41, 5.74) is 8.31. The number of esters is 1. The number of methoxy groups -OCH3 is 1. The molecule has 0 atom stereocenters. The molecule has 2 fully saturated rings. The summed E-state index contributed by atoms with van der Waals surface area (Å²) >= 11 is 0. The Morgan fingerprint density at radius 2 is 2.07 bits per heavy atom. The van der Waals surface area contributed by atoms with Gasteiger partial charge in [0.1, 0.15) is 5.69 Å². The number of aryl methyl sites for hydroxylation is 1. The van der Waals surface area contributed by atoms with Crippen LogP contribution in [0, 0.1) is 6.92 Å². The van der Waals surface area contributed by atoms with E-state index in [0.717, 1.165) is 18.0 Å². The third kappa shape index (κ3) is 2.92. The average molecular weight is 374 g/mol. The predicted molar refractivity (Wildman–Crippen MR) is 110 cm³/mol. The molecule has 0 spiro atoms. The monoisotopic (exact) mass is 374 g/mol. The van der Waals surface area contributed by atoms with Gasteiger partial charge in [0.25, 0.3) is 0 Å². The van der Waals surface area contributed by atoms with Crippen LogP contribution in [0.5, 0.6) is 0 Å². The normalized spacial score (nSPS) is 17.7. The van der Waals surface area contributed by atoms with Crippen molar-refractivity contribution in [3.05, 3.63) is 64.1 Å². The summed E-state index contributed by atoms with van der Waals surface area (Å²) in [4.78, 5) is 20.2. The van der Waals surface area contributed by atoms with Gasteiger partial charge in [0.2, 0.25) is 0 Å². The minimum Gasteiger partial charge on any atom is -0.464 e. The number of H-pyrrole nitrogens is 1. The summed E-state index contributed by atoms with van der Waals surface area (Å²) in [6.07, 6.45) is 5.79. The second kappa shape index (κ2) is 6.20. The molecule has 2 heterocycles. The van der Waals surface area contributed by atoms with Gasteiger partial charge in [-0.3, -0.25) is 0 Å². The first-order valence-electron chi connectivity index (χ1n) is 10.2. The molecule has 1 N–H and O–H groups in total. The van der Waals surface area contributed by atoms with E-state index >= 15 is 0 Å². The molecule has 144 valence electrons. The third-order valence-electron chi connectivity index (χ3n) is 6.47. The number of nitrogens with zero attached hydrogens (tertiary/aromatic N) is 1. The first kappa shape index (κ1) is 17.5. The quantitative estimate of drug-likeness (QED) is 0.626. The first-order valence-corrected chi connectivity index (χ1v) is 10.2. The smallest absolute Gasteiger partial charge is 0.356 e. The molecule has 0 radical (unpaired) electrons. The number of benzene rings is 1. The van der Waals surface area contributed by atoms with Gasteiger partial charge in [-0.2, -0.15) is 0 Å². The summed E-state index contributed by atoms with van der Waals surface area (Å²) in [6.45, 7) is 4.58. The maximum absolute atomic E-state index is 11.9.